The van der Waals surface area contributed by atoms with E-state index in [0.717, 1.165) is 5.69 Å². The smallest absolute Gasteiger partial charge is 0.253 e. The third-order valence-corrected chi connectivity index (χ3v) is 4.74. The van der Waals surface area contributed by atoms with Crippen molar-refractivity contribution in [1.82, 2.24) is 4.90 Å². The summed E-state index contributed by atoms with van der Waals surface area (Å²) in [5.74, 6) is -0.427. The highest BCUT2D eigenvalue weighted by atomic mass is 35.5. The number of halogens is 3. The van der Waals surface area contributed by atoms with Crippen molar-refractivity contribution in [3.05, 3.63) is 63.9 Å². The largest absolute Gasteiger partial charge is 0.367 e. The van der Waals surface area contributed by atoms with Gasteiger partial charge >= 0.3 is 0 Å². The zero-order chi connectivity index (χ0) is 16.4. The third kappa shape index (κ3) is 3.43. The van der Waals surface area contributed by atoms with Crippen molar-refractivity contribution in [1.29, 1.82) is 0 Å². The van der Waals surface area contributed by atoms with Crippen LogP contribution in [0.1, 0.15) is 10.4 Å². The molecule has 3 rings (SSSR count). The first-order chi connectivity index (χ1) is 11.1. The molecule has 0 bridgehead atoms. The zero-order valence-electron chi connectivity index (χ0n) is 12.3. The summed E-state index contributed by atoms with van der Waals surface area (Å²) >= 11 is 12.3. The highest BCUT2D eigenvalue weighted by Gasteiger charge is 2.23. The molecule has 23 heavy (non-hydrogen) atoms. The van der Waals surface area contributed by atoms with Crippen molar-refractivity contribution in [2.24, 2.45) is 0 Å². The first-order valence-electron chi connectivity index (χ1n) is 7.30. The Morgan fingerprint density at radius 3 is 2.26 bits per heavy atom. The average Bonchev–Trinajstić information content (AvgIpc) is 2.58. The molecule has 2 aromatic rings. The lowest BCUT2D eigenvalue weighted by Crippen LogP contribution is -2.48. The highest BCUT2D eigenvalue weighted by Crippen LogP contribution is 2.32. The van der Waals surface area contributed by atoms with Gasteiger partial charge in [-0.2, -0.15) is 0 Å². The highest BCUT2D eigenvalue weighted by molar-refractivity contribution is 6.43. The molecule has 1 aliphatic heterocycles. The second-order valence-corrected chi connectivity index (χ2v) is 6.14. The average molecular weight is 353 g/mol. The topological polar surface area (TPSA) is 23.6 Å². The second-order valence-electron chi connectivity index (χ2n) is 5.36. The van der Waals surface area contributed by atoms with E-state index < -0.39 is 0 Å². The van der Waals surface area contributed by atoms with E-state index >= 15 is 0 Å². The van der Waals surface area contributed by atoms with Gasteiger partial charge in [0.25, 0.3) is 5.91 Å². The molecule has 1 heterocycles. The molecular formula is C17H15Cl2FN2O. The molecule has 0 N–H and O–H groups in total. The minimum absolute atomic E-state index is 0.0816. The summed E-state index contributed by atoms with van der Waals surface area (Å²) in [4.78, 5) is 16.3. The van der Waals surface area contributed by atoms with Crippen LogP contribution in [-0.4, -0.2) is 37.0 Å². The Morgan fingerprint density at radius 2 is 1.61 bits per heavy atom. The van der Waals surface area contributed by atoms with Gasteiger partial charge in [-0.05, 0) is 36.4 Å². The molecule has 120 valence electrons. The Kier molecular flexibility index (Phi) is 4.74. The predicted molar refractivity (Wildman–Crippen MR) is 91.0 cm³/mol. The molecule has 0 atom stereocenters. The Hall–Kier alpha value is -1.78. The van der Waals surface area contributed by atoms with E-state index in [-0.39, 0.29) is 11.7 Å². The number of amides is 1. The molecule has 0 radical (unpaired) electrons. The fourth-order valence-corrected chi connectivity index (χ4v) is 3.08. The number of nitrogens with zero attached hydrogens (tertiary/aromatic N) is 2. The SMILES string of the molecule is O=C(c1ccc(F)cc1)N1CCN(c2cccc(Cl)c2Cl)CC1. The number of piperazine rings is 1. The first-order valence-corrected chi connectivity index (χ1v) is 8.05. The van der Waals surface area contributed by atoms with Crippen LogP contribution in [0.15, 0.2) is 42.5 Å². The van der Waals surface area contributed by atoms with E-state index in [1.165, 1.54) is 24.3 Å². The maximum absolute atomic E-state index is 12.9. The minimum Gasteiger partial charge on any atom is -0.367 e. The molecule has 1 fully saturated rings. The summed E-state index contributed by atoms with van der Waals surface area (Å²) < 4.78 is 12.9. The van der Waals surface area contributed by atoms with Crippen LogP contribution in [0.2, 0.25) is 10.0 Å². The summed E-state index contributed by atoms with van der Waals surface area (Å²) in [7, 11) is 0. The molecule has 0 unspecified atom stereocenters. The number of rotatable bonds is 2. The Labute approximate surface area is 144 Å². The van der Waals surface area contributed by atoms with E-state index in [0.29, 0.717) is 41.8 Å². The van der Waals surface area contributed by atoms with Gasteiger partial charge in [0.2, 0.25) is 0 Å². The number of hydrogen-bond donors (Lipinski definition) is 0. The van der Waals surface area contributed by atoms with Crippen molar-refractivity contribution in [2.45, 2.75) is 0 Å². The van der Waals surface area contributed by atoms with Crippen LogP contribution in [0.25, 0.3) is 0 Å². The fraction of sp³-hybridized carbons (Fsp3) is 0.235. The summed E-state index contributed by atoms with van der Waals surface area (Å²) in [6.45, 7) is 2.51. The lowest BCUT2D eigenvalue weighted by atomic mass is 10.1. The summed E-state index contributed by atoms with van der Waals surface area (Å²) in [6, 6.07) is 11.2. The standard InChI is InChI=1S/C17H15Cl2FN2O/c18-14-2-1-3-15(16(14)19)21-8-10-22(11-9-21)17(23)12-4-6-13(20)7-5-12/h1-7H,8-11H2. The van der Waals surface area contributed by atoms with E-state index in [2.05, 4.69) is 4.90 Å². The van der Waals surface area contributed by atoms with Crippen molar-refractivity contribution in [3.63, 3.8) is 0 Å². The normalized spacial score (nSPS) is 14.9. The number of anilines is 1. The molecule has 0 spiro atoms. The predicted octanol–water partition coefficient (Wildman–Crippen LogP) is 4.09. The van der Waals surface area contributed by atoms with Crippen LogP contribution in [0, 0.1) is 5.82 Å². The van der Waals surface area contributed by atoms with Gasteiger partial charge in [0.05, 0.1) is 15.7 Å². The molecule has 1 aliphatic rings. The molecule has 0 saturated carbocycles. The van der Waals surface area contributed by atoms with E-state index in [1.54, 1.807) is 11.0 Å². The zero-order valence-corrected chi connectivity index (χ0v) is 13.8. The molecule has 0 aromatic heterocycles. The van der Waals surface area contributed by atoms with Crippen LogP contribution in [0.3, 0.4) is 0 Å². The first kappa shape index (κ1) is 16.1. The molecule has 2 aromatic carbocycles. The number of carbonyl (C=O) groups excluding carboxylic acids is 1. The quantitative estimate of drug-likeness (QED) is 0.812. The summed E-state index contributed by atoms with van der Waals surface area (Å²) in [5.41, 5.74) is 1.38. The maximum atomic E-state index is 12.9. The van der Waals surface area contributed by atoms with Crippen LogP contribution in [-0.2, 0) is 0 Å². The van der Waals surface area contributed by atoms with Crippen molar-refractivity contribution >= 4 is 34.8 Å². The lowest BCUT2D eigenvalue weighted by Gasteiger charge is -2.36. The van der Waals surface area contributed by atoms with Gasteiger partial charge in [-0.3, -0.25) is 4.79 Å². The van der Waals surface area contributed by atoms with Gasteiger partial charge in [-0.15, -0.1) is 0 Å². The van der Waals surface area contributed by atoms with Gasteiger partial charge in [0, 0.05) is 31.7 Å². The van der Waals surface area contributed by atoms with Gasteiger partial charge < -0.3 is 9.80 Å². The lowest BCUT2D eigenvalue weighted by molar-refractivity contribution is 0.0747. The van der Waals surface area contributed by atoms with Gasteiger partial charge in [0.15, 0.2) is 0 Å². The molecule has 6 heteroatoms. The van der Waals surface area contributed by atoms with Crippen molar-refractivity contribution < 1.29 is 9.18 Å². The van der Waals surface area contributed by atoms with Crippen molar-refractivity contribution in [2.75, 3.05) is 31.1 Å². The monoisotopic (exact) mass is 352 g/mol. The third-order valence-electron chi connectivity index (χ3n) is 3.93. The molecular weight excluding hydrogens is 338 g/mol. The van der Waals surface area contributed by atoms with E-state index in [9.17, 15) is 9.18 Å². The van der Waals surface area contributed by atoms with Gasteiger partial charge in [-0.25, -0.2) is 4.39 Å². The van der Waals surface area contributed by atoms with Crippen LogP contribution in [0.4, 0.5) is 10.1 Å². The van der Waals surface area contributed by atoms with Gasteiger partial charge in [0.1, 0.15) is 5.82 Å². The fourth-order valence-electron chi connectivity index (χ4n) is 2.66. The number of hydrogen-bond acceptors (Lipinski definition) is 2. The molecule has 3 nitrogen and oxygen atoms in total. The summed E-state index contributed by atoms with van der Waals surface area (Å²) in [6.07, 6.45) is 0. The Bertz CT molecular complexity index is 713. The molecule has 1 saturated heterocycles. The van der Waals surface area contributed by atoms with Gasteiger partial charge in [-0.1, -0.05) is 29.3 Å². The molecule has 1 amide bonds. The Balaban J connectivity index is 1.67. The van der Waals surface area contributed by atoms with Crippen LogP contribution >= 0.6 is 23.2 Å². The van der Waals surface area contributed by atoms with E-state index in [4.69, 9.17) is 23.2 Å². The summed E-state index contributed by atoms with van der Waals surface area (Å²) in [5, 5.41) is 1.06. The van der Waals surface area contributed by atoms with Crippen LogP contribution in [0.5, 0.6) is 0 Å². The van der Waals surface area contributed by atoms with E-state index in [1.807, 2.05) is 12.1 Å². The minimum atomic E-state index is -0.345. The second kappa shape index (κ2) is 6.77. The Morgan fingerprint density at radius 1 is 0.957 bits per heavy atom. The number of benzene rings is 2. The molecule has 0 aliphatic carbocycles. The maximum Gasteiger partial charge on any atom is 0.253 e. The number of carbonyl (C=O) groups is 1. The van der Waals surface area contributed by atoms with Crippen LogP contribution < -0.4 is 4.90 Å². The van der Waals surface area contributed by atoms with Crippen molar-refractivity contribution in [3.8, 4) is 0 Å².